The van der Waals surface area contributed by atoms with Crippen molar-refractivity contribution < 1.29 is 13.9 Å². The smallest absolute Gasteiger partial charge is 0.251 e. The minimum absolute atomic E-state index is 0.0631. The predicted octanol–water partition coefficient (Wildman–Crippen LogP) is 3.87. The van der Waals surface area contributed by atoms with Crippen LogP contribution < -0.4 is 5.32 Å². The summed E-state index contributed by atoms with van der Waals surface area (Å²) in [6, 6.07) is 15.4. The van der Waals surface area contributed by atoms with Crippen LogP contribution in [0.1, 0.15) is 29.1 Å². The number of aromatic nitrogens is 2. The van der Waals surface area contributed by atoms with Crippen molar-refractivity contribution in [2.75, 3.05) is 19.8 Å². The SMILES string of the molecule is Cc1nnc(-c2ccccc2-c2cccc(C(=O)NCC[C@H]3CCOC3)c2)o1. The molecule has 0 unspecified atom stereocenters. The number of nitrogens with one attached hydrogen (secondary N) is 1. The van der Waals surface area contributed by atoms with Crippen molar-refractivity contribution >= 4 is 5.91 Å². The molecule has 0 radical (unpaired) electrons. The number of amides is 1. The van der Waals surface area contributed by atoms with E-state index in [2.05, 4.69) is 15.5 Å². The number of rotatable bonds is 6. The summed E-state index contributed by atoms with van der Waals surface area (Å²) in [6.45, 7) is 4.06. The van der Waals surface area contributed by atoms with Crippen LogP contribution in [-0.2, 0) is 4.74 Å². The average molecular weight is 377 g/mol. The van der Waals surface area contributed by atoms with Gasteiger partial charge in [0.25, 0.3) is 5.91 Å². The first-order valence-corrected chi connectivity index (χ1v) is 9.56. The predicted molar refractivity (Wildman–Crippen MR) is 106 cm³/mol. The monoisotopic (exact) mass is 377 g/mol. The summed E-state index contributed by atoms with van der Waals surface area (Å²) in [7, 11) is 0. The van der Waals surface area contributed by atoms with Gasteiger partial charge in [0.15, 0.2) is 0 Å². The third-order valence-electron chi connectivity index (χ3n) is 4.98. The Kier molecular flexibility index (Phi) is 5.48. The largest absolute Gasteiger partial charge is 0.421 e. The maximum Gasteiger partial charge on any atom is 0.251 e. The molecule has 1 N–H and O–H groups in total. The summed E-state index contributed by atoms with van der Waals surface area (Å²) in [5.41, 5.74) is 3.37. The quantitative estimate of drug-likeness (QED) is 0.706. The van der Waals surface area contributed by atoms with E-state index in [1.54, 1.807) is 6.92 Å². The lowest BCUT2D eigenvalue weighted by atomic mass is 9.98. The highest BCUT2D eigenvalue weighted by molar-refractivity contribution is 5.96. The lowest BCUT2D eigenvalue weighted by Gasteiger charge is -2.11. The molecule has 1 aromatic heterocycles. The lowest BCUT2D eigenvalue weighted by molar-refractivity contribution is 0.0950. The van der Waals surface area contributed by atoms with Crippen molar-refractivity contribution in [3.63, 3.8) is 0 Å². The Hall–Kier alpha value is -2.99. The Morgan fingerprint density at radius 3 is 2.75 bits per heavy atom. The van der Waals surface area contributed by atoms with E-state index in [0.29, 0.717) is 29.8 Å². The highest BCUT2D eigenvalue weighted by atomic mass is 16.5. The fraction of sp³-hybridized carbons (Fsp3) is 0.318. The molecule has 1 aliphatic heterocycles. The Morgan fingerprint density at radius 1 is 1.14 bits per heavy atom. The first-order chi connectivity index (χ1) is 13.7. The maximum atomic E-state index is 12.6. The van der Waals surface area contributed by atoms with E-state index in [1.807, 2.05) is 48.5 Å². The molecule has 6 heteroatoms. The van der Waals surface area contributed by atoms with Crippen LogP contribution in [0.4, 0.5) is 0 Å². The molecule has 0 bridgehead atoms. The highest BCUT2D eigenvalue weighted by Gasteiger charge is 2.16. The van der Waals surface area contributed by atoms with Gasteiger partial charge >= 0.3 is 0 Å². The first kappa shape index (κ1) is 18.4. The van der Waals surface area contributed by atoms with Gasteiger partial charge in [-0.1, -0.05) is 30.3 Å². The minimum Gasteiger partial charge on any atom is -0.421 e. The second-order valence-corrected chi connectivity index (χ2v) is 7.03. The molecule has 1 saturated heterocycles. The standard InChI is InChI=1S/C22H23N3O3/c1-15-24-25-22(28-15)20-8-3-2-7-19(20)17-5-4-6-18(13-17)21(26)23-11-9-16-10-12-27-14-16/h2-8,13,16H,9-12,14H2,1H3,(H,23,26)/t16-/m0/s1. The van der Waals surface area contributed by atoms with E-state index >= 15 is 0 Å². The van der Waals surface area contributed by atoms with E-state index in [9.17, 15) is 4.79 Å². The molecule has 0 spiro atoms. The van der Waals surface area contributed by atoms with Gasteiger partial charge in [0.05, 0.1) is 0 Å². The van der Waals surface area contributed by atoms with Crippen LogP contribution in [0, 0.1) is 12.8 Å². The van der Waals surface area contributed by atoms with Crippen LogP contribution in [0.2, 0.25) is 0 Å². The fourth-order valence-corrected chi connectivity index (χ4v) is 3.46. The third-order valence-corrected chi connectivity index (χ3v) is 4.98. The van der Waals surface area contributed by atoms with Crippen molar-refractivity contribution in [1.29, 1.82) is 0 Å². The average Bonchev–Trinajstić information content (AvgIpc) is 3.40. The van der Waals surface area contributed by atoms with E-state index < -0.39 is 0 Å². The van der Waals surface area contributed by atoms with Crippen molar-refractivity contribution in [3.05, 3.63) is 60.0 Å². The van der Waals surface area contributed by atoms with Crippen LogP contribution in [0.5, 0.6) is 0 Å². The Labute approximate surface area is 163 Å². The number of nitrogens with zero attached hydrogens (tertiary/aromatic N) is 2. The first-order valence-electron chi connectivity index (χ1n) is 9.56. The molecule has 0 aliphatic carbocycles. The molecule has 2 aromatic carbocycles. The molecule has 0 saturated carbocycles. The van der Waals surface area contributed by atoms with Gasteiger partial charge in [-0.2, -0.15) is 0 Å². The van der Waals surface area contributed by atoms with E-state index in [1.165, 1.54) is 0 Å². The molecule has 28 heavy (non-hydrogen) atoms. The number of hydrogen-bond acceptors (Lipinski definition) is 5. The molecule has 144 valence electrons. The molecule has 4 rings (SSSR count). The number of ether oxygens (including phenoxy) is 1. The van der Waals surface area contributed by atoms with Gasteiger partial charge in [0, 0.05) is 37.8 Å². The molecule has 1 fully saturated rings. The fourth-order valence-electron chi connectivity index (χ4n) is 3.46. The van der Waals surface area contributed by atoms with E-state index in [0.717, 1.165) is 42.7 Å². The Balaban J connectivity index is 1.52. The van der Waals surface area contributed by atoms with Crippen LogP contribution in [-0.4, -0.2) is 35.9 Å². The molecular weight excluding hydrogens is 354 g/mol. The number of carbonyl (C=O) groups is 1. The third kappa shape index (κ3) is 4.12. The lowest BCUT2D eigenvalue weighted by Crippen LogP contribution is -2.26. The zero-order valence-corrected chi connectivity index (χ0v) is 15.9. The van der Waals surface area contributed by atoms with Crippen molar-refractivity contribution in [3.8, 4) is 22.6 Å². The maximum absolute atomic E-state index is 12.6. The second kappa shape index (κ2) is 8.35. The summed E-state index contributed by atoms with van der Waals surface area (Å²) >= 11 is 0. The number of benzene rings is 2. The van der Waals surface area contributed by atoms with Crippen LogP contribution in [0.3, 0.4) is 0 Å². The second-order valence-electron chi connectivity index (χ2n) is 7.03. The van der Waals surface area contributed by atoms with Gasteiger partial charge < -0.3 is 14.5 Å². The van der Waals surface area contributed by atoms with Crippen LogP contribution in [0.25, 0.3) is 22.6 Å². The molecule has 6 nitrogen and oxygen atoms in total. The van der Waals surface area contributed by atoms with E-state index in [4.69, 9.17) is 9.15 Å². The molecule has 1 atom stereocenters. The Morgan fingerprint density at radius 2 is 2.00 bits per heavy atom. The minimum atomic E-state index is -0.0631. The van der Waals surface area contributed by atoms with Crippen molar-refractivity contribution in [1.82, 2.24) is 15.5 Å². The van der Waals surface area contributed by atoms with Crippen LogP contribution in [0.15, 0.2) is 52.9 Å². The zero-order valence-electron chi connectivity index (χ0n) is 15.9. The van der Waals surface area contributed by atoms with Gasteiger partial charge in [-0.05, 0) is 48.1 Å². The Bertz CT molecular complexity index is 961. The van der Waals surface area contributed by atoms with Gasteiger partial charge in [-0.25, -0.2) is 0 Å². The number of carbonyl (C=O) groups excluding carboxylic acids is 1. The molecule has 3 aromatic rings. The highest BCUT2D eigenvalue weighted by Crippen LogP contribution is 2.31. The van der Waals surface area contributed by atoms with Gasteiger partial charge in [0.2, 0.25) is 11.8 Å². The van der Waals surface area contributed by atoms with Gasteiger partial charge in [-0.15, -0.1) is 10.2 Å². The van der Waals surface area contributed by atoms with Crippen molar-refractivity contribution in [2.24, 2.45) is 5.92 Å². The summed E-state index contributed by atoms with van der Waals surface area (Å²) < 4.78 is 11.0. The van der Waals surface area contributed by atoms with E-state index in [-0.39, 0.29) is 5.91 Å². The zero-order chi connectivity index (χ0) is 19.3. The summed E-state index contributed by atoms with van der Waals surface area (Å²) in [5, 5.41) is 11.1. The molecule has 2 heterocycles. The van der Waals surface area contributed by atoms with Gasteiger partial charge in [0.1, 0.15) is 0 Å². The van der Waals surface area contributed by atoms with Gasteiger partial charge in [-0.3, -0.25) is 4.79 Å². The summed E-state index contributed by atoms with van der Waals surface area (Å²) in [6.07, 6.45) is 2.03. The number of aryl methyl sites for hydroxylation is 1. The van der Waals surface area contributed by atoms with Crippen molar-refractivity contribution in [2.45, 2.75) is 19.8 Å². The molecule has 1 amide bonds. The number of hydrogen-bond donors (Lipinski definition) is 1. The normalized spacial score (nSPS) is 16.2. The molecule has 1 aliphatic rings. The molecular formula is C22H23N3O3. The summed E-state index contributed by atoms with van der Waals surface area (Å²) in [4.78, 5) is 12.6. The summed E-state index contributed by atoms with van der Waals surface area (Å²) in [5.74, 6) is 1.48. The van der Waals surface area contributed by atoms with Crippen LogP contribution >= 0.6 is 0 Å². The topological polar surface area (TPSA) is 77.2 Å².